The average Bonchev–Trinajstić information content (AvgIpc) is 2.67. The quantitative estimate of drug-likeness (QED) is 0.683. The van der Waals surface area contributed by atoms with Gasteiger partial charge in [-0.15, -0.1) is 0 Å². The molecule has 2 heteroatoms. The molecule has 0 spiro atoms. The molecular weight excluding hydrogens is 160 g/mol. The Morgan fingerprint density at radius 3 is 2.31 bits per heavy atom. The van der Waals surface area contributed by atoms with Gasteiger partial charge in [-0.3, -0.25) is 0 Å². The zero-order valence-electron chi connectivity index (χ0n) is 9.48. The summed E-state index contributed by atoms with van der Waals surface area (Å²) >= 11 is 0. The predicted molar refractivity (Wildman–Crippen MR) is 57.6 cm³/mol. The molecule has 1 rings (SSSR count). The first-order valence-corrected chi connectivity index (χ1v) is 5.35. The van der Waals surface area contributed by atoms with Crippen LogP contribution in [0.25, 0.3) is 0 Å². The maximum absolute atomic E-state index is 5.99. The van der Waals surface area contributed by atoms with Gasteiger partial charge in [0.15, 0.2) is 0 Å². The molecule has 0 atom stereocenters. The molecule has 0 aromatic rings. The van der Waals surface area contributed by atoms with Crippen LogP contribution < -0.4 is 11.1 Å². The molecule has 13 heavy (non-hydrogen) atoms. The third kappa shape index (κ3) is 3.28. The van der Waals surface area contributed by atoms with Crippen molar-refractivity contribution in [3.05, 3.63) is 0 Å². The van der Waals surface area contributed by atoms with Crippen molar-refractivity contribution in [3.8, 4) is 0 Å². The highest BCUT2D eigenvalue weighted by Crippen LogP contribution is 2.31. The Hall–Kier alpha value is -0.0800. The van der Waals surface area contributed by atoms with Crippen molar-refractivity contribution in [2.24, 2.45) is 17.1 Å². The molecule has 0 unspecified atom stereocenters. The first-order valence-electron chi connectivity index (χ1n) is 5.35. The molecule has 0 bridgehead atoms. The highest BCUT2D eigenvalue weighted by atomic mass is 15.0. The minimum atomic E-state index is 0.146. The Morgan fingerprint density at radius 1 is 1.38 bits per heavy atom. The molecule has 1 fully saturated rings. The molecule has 1 saturated carbocycles. The summed E-state index contributed by atoms with van der Waals surface area (Å²) in [6.07, 6.45) is 2.39. The van der Waals surface area contributed by atoms with E-state index < -0.39 is 0 Å². The van der Waals surface area contributed by atoms with Crippen LogP contribution in [-0.2, 0) is 0 Å². The molecule has 2 nitrogen and oxygen atoms in total. The van der Waals surface area contributed by atoms with Crippen molar-refractivity contribution in [2.45, 2.75) is 46.1 Å². The van der Waals surface area contributed by atoms with Gasteiger partial charge >= 0.3 is 0 Å². The summed E-state index contributed by atoms with van der Waals surface area (Å²) in [6.45, 7) is 11.2. The first-order chi connectivity index (χ1) is 5.86. The Kier molecular flexibility index (Phi) is 3.03. The van der Waals surface area contributed by atoms with E-state index in [0.29, 0.717) is 11.3 Å². The van der Waals surface area contributed by atoms with Crippen LogP contribution in [0.3, 0.4) is 0 Å². The molecule has 1 aliphatic carbocycles. The van der Waals surface area contributed by atoms with Gasteiger partial charge in [-0.25, -0.2) is 0 Å². The number of hydrogen-bond donors (Lipinski definition) is 2. The third-order valence-electron chi connectivity index (χ3n) is 3.51. The Bertz CT molecular complexity index is 169. The number of hydrogen-bond acceptors (Lipinski definition) is 2. The molecule has 78 valence electrons. The van der Waals surface area contributed by atoms with Crippen LogP contribution in [0.2, 0.25) is 0 Å². The fourth-order valence-corrected chi connectivity index (χ4v) is 1.18. The number of nitrogens with one attached hydrogen (secondary N) is 1. The third-order valence-corrected chi connectivity index (χ3v) is 3.51. The molecule has 0 aromatic carbocycles. The van der Waals surface area contributed by atoms with Crippen molar-refractivity contribution in [2.75, 3.05) is 13.1 Å². The second kappa shape index (κ2) is 3.58. The van der Waals surface area contributed by atoms with E-state index in [2.05, 4.69) is 33.0 Å². The summed E-state index contributed by atoms with van der Waals surface area (Å²) in [5.41, 5.74) is 6.52. The van der Waals surface area contributed by atoms with Gasteiger partial charge in [-0.05, 0) is 24.2 Å². The lowest BCUT2D eigenvalue weighted by atomic mass is 9.81. The highest BCUT2D eigenvalue weighted by Gasteiger charge is 2.37. The van der Waals surface area contributed by atoms with Crippen LogP contribution in [0, 0.1) is 11.3 Å². The predicted octanol–water partition coefficient (Wildman–Crippen LogP) is 1.75. The van der Waals surface area contributed by atoms with Crippen molar-refractivity contribution in [1.29, 1.82) is 0 Å². The standard InChI is InChI=1S/C11H24N2/c1-9(2)10(3,4)7-13-8-11(12)5-6-11/h9,13H,5-8,12H2,1-4H3. The fraction of sp³-hybridized carbons (Fsp3) is 1.00. The van der Waals surface area contributed by atoms with Crippen LogP contribution in [0.1, 0.15) is 40.5 Å². The van der Waals surface area contributed by atoms with Gasteiger partial charge in [-0.1, -0.05) is 27.7 Å². The van der Waals surface area contributed by atoms with E-state index in [1.165, 1.54) is 12.8 Å². The van der Waals surface area contributed by atoms with Crippen LogP contribution >= 0.6 is 0 Å². The first kappa shape index (κ1) is 11.0. The summed E-state index contributed by atoms with van der Waals surface area (Å²) in [5.74, 6) is 0.716. The minimum absolute atomic E-state index is 0.146. The lowest BCUT2D eigenvalue weighted by Crippen LogP contribution is -2.41. The van der Waals surface area contributed by atoms with Crippen LogP contribution in [-0.4, -0.2) is 18.6 Å². The molecule has 0 aromatic heterocycles. The summed E-state index contributed by atoms with van der Waals surface area (Å²) < 4.78 is 0. The summed E-state index contributed by atoms with van der Waals surface area (Å²) in [6, 6.07) is 0. The van der Waals surface area contributed by atoms with E-state index in [-0.39, 0.29) is 5.54 Å². The fourth-order valence-electron chi connectivity index (χ4n) is 1.18. The van der Waals surface area contributed by atoms with E-state index >= 15 is 0 Å². The highest BCUT2D eigenvalue weighted by molar-refractivity contribution is 5.00. The van der Waals surface area contributed by atoms with Gasteiger partial charge in [0.05, 0.1) is 0 Å². The largest absolute Gasteiger partial charge is 0.324 e. The van der Waals surface area contributed by atoms with Gasteiger partial charge in [0, 0.05) is 18.6 Å². The van der Waals surface area contributed by atoms with Crippen molar-refractivity contribution >= 4 is 0 Å². The Balaban J connectivity index is 2.17. The van der Waals surface area contributed by atoms with E-state index in [4.69, 9.17) is 5.73 Å². The van der Waals surface area contributed by atoms with Crippen molar-refractivity contribution in [3.63, 3.8) is 0 Å². The van der Waals surface area contributed by atoms with E-state index in [1.54, 1.807) is 0 Å². The number of rotatable bonds is 5. The molecule has 0 radical (unpaired) electrons. The lowest BCUT2D eigenvalue weighted by molar-refractivity contribution is 0.236. The van der Waals surface area contributed by atoms with Gasteiger partial charge in [0.25, 0.3) is 0 Å². The molecule has 0 aliphatic heterocycles. The van der Waals surface area contributed by atoms with Crippen molar-refractivity contribution in [1.82, 2.24) is 5.32 Å². The van der Waals surface area contributed by atoms with Gasteiger partial charge in [-0.2, -0.15) is 0 Å². The smallest absolute Gasteiger partial charge is 0.0282 e. The second-order valence-corrected chi connectivity index (χ2v) is 5.61. The van der Waals surface area contributed by atoms with Crippen LogP contribution in [0.4, 0.5) is 0 Å². The summed E-state index contributed by atoms with van der Waals surface area (Å²) in [7, 11) is 0. The monoisotopic (exact) mass is 184 g/mol. The Labute approximate surface area is 82.3 Å². The molecular formula is C11H24N2. The number of nitrogens with two attached hydrogens (primary N) is 1. The van der Waals surface area contributed by atoms with Crippen molar-refractivity contribution < 1.29 is 0 Å². The van der Waals surface area contributed by atoms with Crippen LogP contribution in [0.15, 0.2) is 0 Å². The molecule has 0 saturated heterocycles. The van der Waals surface area contributed by atoms with E-state index in [1.807, 2.05) is 0 Å². The molecule has 0 heterocycles. The molecule has 0 amide bonds. The Morgan fingerprint density at radius 2 is 1.92 bits per heavy atom. The maximum Gasteiger partial charge on any atom is 0.0282 e. The zero-order chi connectivity index (χ0) is 10.1. The van der Waals surface area contributed by atoms with Gasteiger partial charge < -0.3 is 11.1 Å². The second-order valence-electron chi connectivity index (χ2n) is 5.61. The van der Waals surface area contributed by atoms with Gasteiger partial charge in [0.2, 0.25) is 0 Å². The van der Waals surface area contributed by atoms with Gasteiger partial charge in [0.1, 0.15) is 0 Å². The topological polar surface area (TPSA) is 38.0 Å². The maximum atomic E-state index is 5.99. The summed E-state index contributed by atoms with van der Waals surface area (Å²) in [4.78, 5) is 0. The minimum Gasteiger partial charge on any atom is -0.324 e. The molecule has 1 aliphatic rings. The zero-order valence-corrected chi connectivity index (χ0v) is 9.48. The summed E-state index contributed by atoms with van der Waals surface area (Å²) in [5, 5.41) is 3.48. The molecule has 3 N–H and O–H groups in total. The normalized spacial score (nSPS) is 20.8. The SMILES string of the molecule is CC(C)C(C)(C)CNCC1(N)CC1. The lowest BCUT2D eigenvalue weighted by Gasteiger charge is -2.30. The average molecular weight is 184 g/mol. The van der Waals surface area contributed by atoms with Crippen LogP contribution in [0.5, 0.6) is 0 Å². The van der Waals surface area contributed by atoms with E-state index in [0.717, 1.165) is 13.1 Å². The van der Waals surface area contributed by atoms with E-state index in [9.17, 15) is 0 Å².